The molecule has 1 fully saturated rings. The van der Waals surface area contributed by atoms with Gasteiger partial charge in [0, 0.05) is 43.9 Å². The van der Waals surface area contributed by atoms with Gasteiger partial charge in [-0.15, -0.1) is 0 Å². The fourth-order valence-electron chi connectivity index (χ4n) is 4.31. The van der Waals surface area contributed by atoms with Gasteiger partial charge in [-0.1, -0.05) is 13.8 Å². The van der Waals surface area contributed by atoms with Crippen molar-refractivity contribution in [2.45, 2.75) is 32.7 Å². The number of hydrogen-bond donors (Lipinski definition) is 1. The zero-order chi connectivity index (χ0) is 24.8. The molecule has 3 rings (SSSR count). The number of carbonyl (C=O) groups excluding carboxylic acids is 2. The summed E-state index contributed by atoms with van der Waals surface area (Å²) in [5.41, 5.74) is 0.948. The maximum atomic E-state index is 14.9. The Morgan fingerprint density at radius 1 is 0.971 bits per heavy atom. The fraction of sp³-hybridized carbons (Fsp3) is 0.440. The lowest BCUT2D eigenvalue weighted by Gasteiger charge is -2.39. The molecule has 184 valence electrons. The molecule has 34 heavy (non-hydrogen) atoms. The minimum absolute atomic E-state index is 0.120. The predicted molar refractivity (Wildman–Crippen MR) is 124 cm³/mol. The number of nitrogens with one attached hydrogen (secondary N) is 1. The summed E-state index contributed by atoms with van der Waals surface area (Å²) in [6.45, 7) is 5.36. The van der Waals surface area contributed by atoms with Crippen molar-refractivity contribution in [1.82, 2.24) is 4.90 Å². The van der Waals surface area contributed by atoms with Crippen LogP contribution in [0.1, 0.15) is 38.3 Å². The minimum atomic E-state index is -0.968. The first-order chi connectivity index (χ1) is 16.3. The number of carbonyl (C=O) groups is 2. The number of benzene rings is 2. The average molecular weight is 478 g/mol. The molecule has 1 saturated heterocycles. The number of rotatable bonds is 8. The number of amides is 1. The molecule has 1 heterocycles. The molecule has 1 aliphatic heterocycles. The monoisotopic (exact) mass is 477 g/mol. The van der Waals surface area contributed by atoms with Crippen LogP contribution in [0.2, 0.25) is 0 Å². The van der Waals surface area contributed by atoms with E-state index in [4.69, 9.17) is 4.74 Å². The molecule has 0 spiro atoms. The van der Waals surface area contributed by atoms with E-state index >= 15 is 0 Å². The van der Waals surface area contributed by atoms with Crippen LogP contribution in [-0.4, -0.2) is 50.1 Å². The highest BCUT2D eigenvalue weighted by Gasteiger charge is 2.32. The van der Waals surface area contributed by atoms with Gasteiger partial charge in [0.1, 0.15) is 23.5 Å². The largest absolute Gasteiger partial charge is 0.468 e. The summed E-state index contributed by atoms with van der Waals surface area (Å²) in [5.74, 6) is -2.89. The number of nitrogens with zero attached hydrogens (tertiary/aromatic N) is 2. The number of esters is 1. The minimum Gasteiger partial charge on any atom is -0.468 e. The van der Waals surface area contributed by atoms with Crippen LogP contribution in [0.4, 0.5) is 24.5 Å². The van der Waals surface area contributed by atoms with Gasteiger partial charge in [-0.2, -0.15) is 0 Å². The molecular weight excluding hydrogens is 447 g/mol. The van der Waals surface area contributed by atoms with Gasteiger partial charge in [0.15, 0.2) is 0 Å². The number of halogens is 3. The van der Waals surface area contributed by atoms with Crippen molar-refractivity contribution < 1.29 is 27.5 Å². The van der Waals surface area contributed by atoms with Crippen LogP contribution in [0.25, 0.3) is 0 Å². The molecule has 0 aromatic heterocycles. The van der Waals surface area contributed by atoms with E-state index in [1.54, 1.807) is 17.0 Å². The normalized spacial score (nSPS) is 15.3. The van der Waals surface area contributed by atoms with E-state index in [-0.39, 0.29) is 17.4 Å². The maximum Gasteiger partial charge on any atom is 0.327 e. The molecule has 0 radical (unpaired) electrons. The van der Waals surface area contributed by atoms with Gasteiger partial charge in [-0.3, -0.25) is 9.69 Å². The first-order valence-electron chi connectivity index (χ1n) is 11.4. The summed E-state index contributed by atoms with van der Waals surface area (Å²) in [7, 11) is 1.22. The molecule has 0 bridgehead atoms. The Kier molecular flexibility index (Phi) is 8.55. The van der Waals surface area contributed by atoms with Crippen LogP contribution in [0.5, 0.6) is 0 Å². The lowest BCUT2D eigenvalue weighted by Crippen LogP contribution is -2.49. The smallest absolute Gasteiger partial charge is 0.327 e. The van der Waals surface area contributed by atoms with E-state index in [2.05, 4.69) is 5.32 Å². The number of methoxy groups -OCH3 is 1. The standard InChI is InChI=1S/C25H30F3N3O3/c1-4-16(5-2)24(32)29-20-6-7-22(21(28)15-20)30-8-10-31(11-9-30)23(25(33)34-3)17-12-18(26)14-19(27)13-17/h6-7,12-16,23H,4-5,8-11H2,1-3H3,(H,29,32). The van der Waals surface area contributed by atoms with Crippen LogP contribution in [0.3, 0.4) is 0 Å². The van der Waals surface area contributed by atoms with Crippen molar-refractivity contribution in [3.8, 4) is 0 Å². The number of anilines is 2. The van der Waals surface area contributed by atoms with Gasteiger partial charge in [-0.25, -0.2) is 18.0 Å². The second kappa shape index (κ2) is 11.4. The second-order valence-electron chi connectivity index (χ2n) is 8.32. The maximum absolute atomic E-state index is 14.9. The second-order valence-corrected chi connectivity index (χ2v) is 8.32. The van der Waals surface area contributed by atoms with E-state index in [0.29, 0.717) is 50.4 Å². The van der Waals surface area contributed by atoms with E-state index in [1.165, 1.54) is 13.2 Å². The Balaban J connectivity index is 1.70. The van der Waals surface area contributed by atoms with Crippen molar-refractivity contribution in [3.63, 3.8) is 0 Å². The van der Waals surface area contributed by atoms with Crippen molar-refractivity contribution >= 4 is 23.3 Å². The topological polar surface area (TPSA) is 61.9 Å². The average Bonchev–Trinajstić information content (AvgIpc) is 2.80. The quantitative estimate of drug-likeness (QED) is 0.567. The lowest BCUT2D eigenvalue weighted by molar-refractivity contribution is -0.147. The zero-order valence-corrected chi connectivity index (χ0v) is 19.6. The van der Waals surface area contributed by atoms with Crippen LogP contribution in [0, 0.1) is 23.4 Å². The summed E-state index contributed by atoms with van der Waals surface area (Å²) in [4.78, 5) is 28.3. The first kappa shape index (κ1) is 25.6. The van der Waals surface area contributed by atoms with Crippen LogP contribution in [-0.2, 0) is 14.3 Å². The SMILES string of the molecule is CCC(CC)C(=O)Nc1ccc(N2CCN(C(C(=O)OC)c3cc(F)cc(F)c3)CC2)c(F)c1. The molecule has 0 aliphatic carbocycles. The van der Waals surface area contributed by atoms with Crippen molar-refractivity contribution in [3.05, 3.63) is 59.4 Å². The van der Waals surface area contributed by atoms with Crippen molar-refractivity contribution in [2.75, 3.05) is 43.5 Å². The summed E-state index contributed by atoms with van der Waals surface area (Å²) in [6.07, 6.45) is 1.42. The Morgan fingerprint density at radius 2 is 1.59 bits per heavy atom. The highest BCUT2D eigenvalue weighted by molar-refractivity contribution is 5.92. The summed E-state index contributed by atoms with van der Waals surface area (Å²) in [5, 5.41) is 2.76. The summed E-state index contributed by atoms with van der Waals surface area (Å²) >= 11 is 0. The van der Waals surface area contributed by atoms with E-state index in [9.17, 15) is 22.8 Å². The summed E-state index contributed by atoms with van der Waals surface area (Å²) in [6, 6.07) is 6.59. The molecule has 1 atom stereocenters. The number of piperazine rings is 1. The molecule has 1 N–H and O–H groups in total. The highest BCUT2D eigenvalue weighted by atomic mass is 19.1. The molecule has 1 unspecified atom stereocenters. The van der Waals surface area contributed by atoms with Gasteiger partial charge in [-0.05, 0) is 48.7 Å². The molecule has 2 aromatic rings. The lowest BCUT2D eigenvalue weighted by atomic mass is 10.0. The third-order valence-corrected chi connectivity index (χ3v) is 6.22. The Hall–Kier alpha value is -3.07. The highest BCUT2D eigenvalue weighted by Crippen LogP contribution is 2.29. The van der Waals surface area contributed by atoms with Crippen LogP contribution < -0.4 is 10.2 Å². The molecule has 9 heteroatoms. The predicted octanol–water partition coefficient (Wildman–Crippen LogP) is 4.51. The van der Waals surface area contributed by atoms with Gasteiger partial charge in [0.25, 0.3) is 0 Å². The third kappa shape index (κ3) is 5.88. The molecule has 2 aromatic carbocycles. The molecule has 6 nitrogen and oxygen atoms in total. The zero-order valence-electron chi connectivity index (χ0n) is 19.6. The Labute approximate surface area is 197 Å². The molecule has 1 aliphatic rings. The van der Waals surface area contributed by atoms with E-state index in [1.807, 2.05) is 18.7 Å². The van der Waals surface area contributed by atoms with Gasteiger partial charge in [0.05, 0.1) is 12.8 Å². The van der Waals surface area contributed by atoms with Gasteiger partial charge in [0.2, 0.25) is 5.91 Å². The number of ether oxygens (including phenoxy) is 1. The van der Waals surface area contributed by atoms with Gasteiger partial charge >= 0.3 is 5.97 Å². The third-order valence-electron chi connectivity index (χ3n) is 6.22. The van der Waals surface area contributed by atoms with Crippen molar-refractivity contribution in [1.29, 1.82) is 0 Å². The molecule has 0 saturated carbocycles. The van der Waals surface area contributed by atoms with Crippen molar-refractivity contribution in [2.24, 2.45) is 5.92 Å². The van der Waals surface area contributed by atoms with Crippen LogP contribution in [0.15, 0.2) is 36.4 Å². The molecular formula is C25H30F3N3O3. The number of hydrogen-bond acceptors (Lipinski definition) is 5. The molecule has 1 amide bonds. The van der Waals surface area contributed by atoms with E-state index in [0.717, 1.165) is 18.2 Å². The summed E-state index contributed by atoms with van der Waals surface area (Å²) < 4.78 is 47.3. The van der Waals surface area contributed by atoms with Crippen LogP contribution >= 0.6 is 0 Å². The Bertz CT molecular complexity index is 1000. The first-order valence-corrected chi connectivity index (χ1v) is 11.4. The van der Waals surface area contributed by atoms with E-state index < -0.39 is 29.5 Å². The Morgan fingerprint density at radius 3 is 2.12 bits per heavy atom. The fourth-order valence-corrected chi connectivity index (χ4v) is 4.31. The van der Waals surface area contributed by atoms with Gasteiger partial charge < -0.3 is 15.0 Å².